The van der Waals surface area contributed by atoms with E-state index in [2.05, 4.69) is 5.32 Å². The van der Waals surface area contributed by atoms with Crippen molar-refractivity contribution in [1.29, 1.82) is 0 Å². The van der Waals surface area contributed by atoms with Gasteiger partial charge in [0.05, 0.1) is 0 Å². The summed E-state index contributed by atoms with van der Waals surface area (Å²) in [5.74, 6) is 1.03. The minimum absolute atomic E-state index is 0. The first kappa shape index (κ1) is 14.8. The van der Waals surface area contributed by atoms with E-state index in [1.165, 1.54) is 32.1 Å². The second-order valence-electron chi connectivity index (χ2n) is 5.36. The van der Waals surface area contributed by atoms with Crippen LogP contribution in [0.25, 0.3) is 0 Å². The van der Waals surface area contributed by atoms with Crippen molar-refractivity contribution in [3.63, 3.8) is 0 Å². The van der Waals surface area contributed by atoms with Crippen molar-refractivity contribution in [2.75, 3.05) is 20.1 Å². The Hall–Kier alpha value is -0.280. The van der Waals surface area contributed by atoms with Crippen molar-refractivity contribution in [3.8, 4) is 0 Å². The van der Waals surface area contributed by atoms with Crippen LogP contribution in [0.4, 0.5) is 0 Å². The summed E-state index contributed by atoms with van der Waals surface area (Å²) < 4.78 is 0. The maximum atomic E-state index is 12.1. The number of rotatable bonds is 3. The van der Waals surface area contributed by atoms with Crippen molar-refractivity contribution in [2.45, 2.75) is 51.0 Å². The van der Waals surface area contributed by atoms with E-state index >= 15 is 0 Å². The van der Waals surface area contributed by atoms with Gasteiger partial charge in [0, 0.05) is 26.1 Å². The Bertz CT molecular complexity index is 236. The normalized spacial score (nSPS) is 25.4. The Morgan fingerprint density at radius 1 is 1.24 bits per heavy atom. The van der Waals surface area contributed by atoms with E-state index < -0.39 is 0 Å². The summed E-state index contributed by atoms with van der Waals surface area (Å²) in [6.45, 7) is 2.04. The molecule has 2 rings (SSSR count). The van der Waals surface area contributed by atoms with Gasteiger partial charge in [-0.05, 0) is 31.7 Å². The molecule has 1 atom stereocenters. The monoisotopic (exact) mass is 260 g/mol. The van der Waals surface area contributed by atoms with E-state index in [-0.39, 0.29) is 12.4 Å². The van der Waals surface area contributed by atoms with Crippen molar-refractivity contribution in [3.05, 3.63) is 0 Å². The summed E-state index contributed by atoms with van der Waals surface area (Å²) in [4.78, 5) is 14.1. The first-order valence-electron chi connectivity index (χ1n) is 6.74. The average molecular weight is 261 g/mol. The van der Waals surface area contributed by atoms with E-state index in [0.29, 0.717) is 17.9 Å². The van der Waals surface area contributed by atoms with Crippen LogP contribution in [0.1, 0.15) is 44.9 Å². The van der Waals surface area contributed by atoms with Crippen LogP contribution in [-0.4, -0.2) is 37.0 Å². The molecule has 17 heavy (non-hydrogen) atoms. The topological polar surface area (TPSA) is 32.3 Å². The van der Waals surface area contributed by atoms with Gasteiger partial charge in [0.25, 0.3) is 0 Å². The molecule has 1 N–H and O–H groups in total. The number of carbonyl (C=O) groups excluding carboxylic acids is 1. The van der Waals surface area contributed by atoms with Gasteiger partial charge in [-0.2, -0.15) is 0 Å². The second-order valence-corrected chi connectivity index (χ2v) is 5.36. The zero-order valence-electron chi connectivity index (χ0n) is 10.8. The summed E-state index contributed by atoms with van der Waals surface area (Å²) >= 11 is 0. The standard InChI is InChI=1S/C13H24N2O.ClH/c1-15(12-7-8-14-10-12)13(16)9-11-5-3-2-4-6-11;/h11-12,14H,2-10H2,1H3;1H/t12-;/m0./s1. The molecule has 0 aromatic heterocycles. The molecule has 0 radical (unpaired) electrons. The van der Waals surface area contributed by atoms with Gasteiger partial charge in [-0.1, -0.05) is 19.3 Å². The molecule has 1 amide bonds. The molecule has 1 aliphatic carbocycles. The third kappa shape index (κ3) is 4.14. The van der Waals surface area contributed by atoms with Gasteiger partial charge in [0.15, 0.2) is 0 Å². The lowest BCUT2D eigenvalue weighted by atomic mass is 9.86. The number of nitrogens with one attached hydrogen (secondary N) is 1. The number of hydrogen-bond donors (Lipinski definition) is 1. The summed E-state index contributed by atoms with van der Waals surface area (Å²) in [5, 5.41) is 3.32. The molecule has 0 aromatic carbocycles. The highest BCUT2D eigenvalue weighted by Gasteiger charge is 2.25. The molecule has 4 heteroatoms. The van der Waals surface area contributed by atoms with E-state index in [4.69, 9.17) is 0 Å². The zero-order valence-corrected chi connectivity index (χ0v) is 11.6. The fourth-order valence-electron chi connectivity index (χ4n) is 2.96. The molecule has 1 aliphatic heterocycles. The summed E-state index contributed by atoms with van der Waals surface area (Å²) in [7, 11) is 1.98. The predicted octanol–water partition coefficient (Wildman–Crippen LogP) is 2.20. The molecule has 0 bridgehead atoms. The summed E-state index contributed by atoms with van der Waals surface area (Å²) in [6, 6.07) is 0.441. The third-order valence-corrected chi connectivity index (χ3v) is 4.16. The predicted molar refractivity (Wildman–Crippen MR) is 72.5 cm³/mol. The smallest absolute Gasteiger partial charge is 0.222 e. The number of carbonyl (C=O) groups is 1. The van der Waals surface area contributed by atoms with Crippen LogP contribution >= 0.6 is 12.4 Å². The first-order valence-corrected chi connectivity index (χ1v) is 6.74. The number of amides is 1. The van der Waals surface area contributed by atoms with E-state index in [0.717, 1.165) is 25.9 Å². The van der Waals surface area contributed by atoms with Crippen LogP contribution in [0.3, 0.4) is 0 Å². The molecule has 1 saturated heterocycles. The minimum atomic E-state index is 0. The molecular formula is C13H25ClN2O. The van der Waals surface area contributed by atoms with Gasteiger partial charge in [0.2, 0.25) is 5.91 Å². The van der Waals surface area contributed by atoms with Crippen molar-refractivity contribution < 1.29 is 4.79 Å². The highest BCUT2D eigenvalue weighted by atomic mass is 35.5. The number of likely N-dealkylation sites (N-methyl/N-ethyl adjacent to an activating group) is 1. The lowest BCUT2D eigenvalue weighted by Crippen LogP contribution is -2.39. The molecule has 0 unspecified atom stereocenters. The molecule has 2 fully saturated rings. The van der Waals surface area contributed by atoms with Crippen molar-refractivity contribution in [1.82, 2.24) is 10.2 Å². The van der Waals surface area contributed by atoms with Gasteiger partial charge < -0.3 is 10.2 Å². The van der Waals surface area contributed by atoms with Gasteiger partial charge in [-0.25, -0.2) is 0 Å². The molecule has 1 saturated carbocycles. The van der Waals surface area contributed by atoms with E-state index in [9.17, 15) is 4.79 Å². The van der Waals surface area contributed by atoms with Crippen LogP contribution in [0.15, 0.2) is 0 Å². The van der Waals surface area contributed by atoms with Crippen LogP contribution in [-0.2, 0) is 4.79 Å². The van der Waals surface area contributed by atoms with Gasteiger partial charge >= 0.3 is 0 Å². The molecule has 2 aliphatic rings. The highest BCUT2D eigenvalue weighted by Crippen LogP contribution is 2.27. The zero-order chi connectivity index (χ0) is 11.4. The Balaban J connectivity index is 0.00000144. The van der Waals surface area contributed by atoms with E-state index in [1.54, 1.807) is 0 Å². The average Bonchev–Trinajstić information content (AvgIpc) is 2.83. The SMILES string of the molecule is CN(C(=O)CC1CCCCC1)[C@H]1CCNC1.Cl. The molecule has 3 nitrogen and oxygen atoms in total. The number of nitrogens with zero attached hydrogens (tertiary/aromatic N) is 1. The lowest BCUT2D eigenvalue weighted by molar-refractivity contribution is -0.132. The Morgan fingerprint density at radius 2 is 1.94 bits per heavy atom. The van der Waals surface area contributed by atoms with Crippen molar-refractivity contribution >= 4 is 18.3 Å². The third-order valence-electron chi connectivity index (χ3n) is 4.16. The Labute approximate surface area is 111 Å². The van der Waals surface area contributed by atoms with Crippen LogP contribution < -0.4 is 5.32 Å². The fraction of sp³-hybridized carbons (Fsp3) is 0.923. The molecule has 0 spiro atoms. The largest absolute Gasteiger partial charge is 0.341 e. The van der Waals surface area contributed by atoms with Gasteiger partial charge in [0.1, 0.15) is 0 Å². The highest BCUT2D eigenvalue weighted by molar-refractivity contribution is 5.85. The first-order chi connectivity index (χ1) is 7.77. The van der Waals surface area contributed by atoms with Crippen LogP contribution in [0.5, 0.6) is 0 Å². The van der Waals surface area contributed by atoms with Crippen LogP contribution in [0.2, 0.25) is 0 Å². The van der Waals surface area contributed by atoms with E-state index in [1.807, 2.05) is 11.9 Å². The Kier molecular flexibility index (Phi) is 6.28. The van der Waals surface area contributed by atoms with Gasteiger partial charge in [-0.15, -0.1) is 12.4 Å². The van der Waals surface area contributed by atoms with Gasteiger partial charge in [-0.3, -0.25) is 4.79 Å². The van der Waals surface area contributed by atoms with Crippen molar-refractivity contribution in [2.24, 2.45) is 5.92 Å². The lowest BCUT2D eigenvalue weighted by Gasteiger charge is -2.27. The quantitative estimate of drug-likeness (QED) is 0.844. The Morgan fingerprint density at radius 3 is 2.53 bits per heavy atom. The molecular weight excluding hydrogens is 236 g/mol. The van der Waals surface area contributed by atoms with Crippen LogP contribution in [0, 0.1) is 5.92 Å². The molecule has 1 heterocycles. The molecule has 0 aromatic rings. The minimum Gasteiger partial charge on any atom is -0.341 e. The molecule has 100 valence electrons. The number of halogens is 1. The fourth-order valence-corrected chi connectivity index (χ4v) is 2.96. The second kappa shape index (κ2) is 7.22. The number of hydrogen-bond acceptors (Lipinski definition) is 2. The maximum absolute atomic E-state index is 12.1. The summed E-state index contributed by atoms with van der Waals surface area (Å²) in [6.07, 6.45) is 8.46. The maximum Gasteiger partial charge on any atom is 0.222 e. The summed E-state index contributed by atoms with van der Waals surface area (Å²) in [5.41, 5.74) is 0.